The first-order valence-corrected chi connectivity index (χ1v) is 10.9. The molecular formula is C23H28N8O2. The fourth-order valence-corrected chi connectivity index (χ4v) is 3.55. The lowest BCUT2D eigenvalue weighted by Crippen LogP contribution is -2.15. The largest absolute Gasteiger partial charge is 0.497 e. The van der Waals surface area contributed by atoms with Crippen LogP contribution in [-0.4, -0.2) is 44.4 Å². The van der Waals surface area contributed by atoms with Crippen molar-refractivity contribution in [3.05, 3.63) is 54.2 Å². The molecule has 0 saturated heterocycles. The fraction of sp³-hybridized carbons (Fsp3) is 0.348. The van der Waals surface area contributed by atoms with Gasteiger partial charge in [0.1, 0.15) is 29.2 Å². The molecule has 0 bridgehead atoms. The maximum absolute atomic E-state index is 5.50. The van der Waals surface area contributed by atoms with E-state index in [1.165, 1.54) is 6.33 Å². The normalized spacial score (nSPS) is 11.8. The van der Waals surface area contributed by atoms with Crippen molar-refractivity contribution in [3.63, 3.8) is 0 Å². The third-order valence-electron chi connectivity index (χ3n) is 5.31. The minimum Gasteiger partial charge on any atom is -0.497 e. The van der Waals surface area contributed by atoms with Crippen LogP contribution in [-0.2, 0) is 6.54 Å². The Hall–Kier alpha value is -3.95. The molecule has 0 fully saturated rings. The summed E-state index contributed by atoms with van der Waals surface area (Å²) in [5, 5.41) is 13.8. The van der Waals surface area contributed by atoms with Crippen LogP contribution in [0.25, 0.3) is 11.0 Å². The zero-order chi connectivity index (χ0) is 23.0. The number of nitrogens with zero attached hydrogens (tertiary/aromatic N) is 5. The van der Waals surface area contributed by atoms with Gasteiger partial charge in [-0.15, -0.1) is 0 Å². The average molecular weight is 449 g/mol. The van der Waals surface area contributed by atoms with Gasteiger partial charge in [0, 0.05) is 24.4 Å². The van der Waals surface area contributed by atoms with Gasteiger partial charge in [0.15, 0.2) is 5.82 Å². The molecule has 1 atom stereocenters. The topological polar surface area (TPSA) is 123 Å². The Morgan fingerprint density at radius 1 is 1.09 bits per heavy atom. The van der Waals surface area contributed by atoms with E-state index >= 15 is 0 Å². The molecule has 0 amide bonds. The number of unbranched alkanes of at least 4 members (excludes halogenated alkanes) is 1. The lowest BCUT2D eigenvalue weighted by molar-refractivity contribution is 0.391. The van der Waals surface area contributed by atoms with Gasteiger partial charge in [-0.1, -0.05) is 19.8 Å². The highest BCUT2D eigenvalue weighted by molar-refractivity contribution is 5.86. The Labute approximate surface area is 192 Å². The Balaban J connectivity index is 1.61. The van der Waals surface area contributed by atoms with Crippen LogP contribution in [0.2, 0.25) is 0 Å². The number of hydrogen-bond acceptors (Lipinski definition) is 9. The molecule has 0 aliphatic carbocycles. The van der Waals surface area contributed by atoms with E-state index < -0.39 is 0 Å². The van der Waals surface area contributed by atoms with E-state index in [0.29, 0.717) is 23.8 Å². The van der Waals surface area contributed by atoms with Gasteiger partial charge in [0.25, 0.3) is 0 Å². The first kappa shape index (κ1) is 22.3. The van der Waals surface area contributed by atoms with Crippen LogP contribution in [0.15, 0.2) is 42.9 Å². The van der Waals surface area contributed by atoms with Crippen molar-refractivity contribution in [1.82, 2.24) is 30.1 Å². The van der Waals surface area contributed by atoms with E-state index in [1.807, 2.05) is 30.3 Å². The Bertz CT molecular complexity index is 1180. The number of anilines is 2. The summed E-state index contributed by atoms with van der Waals surface area (Å²) in [6.07, 6.45) is 6.25. The number of pyridine rings is 1. The van der Waals surface area contributed by atoms with Crippen molar-refractivity contribution in [2.75, 3.05) is 24.9 Å². The predicted molar refractivity (Wildman–Crippen MR) is 126 cm³/mol. The van der Waals surface area contributed by atoms with Crippen molar-refractivity contribution in [2.45, 2.75) is 38.8 Å². The number of benzene rings is 1. The zero-order valence-corrected chi connectivity index (χ0v) is 19.0. The molecule has 1 aromatic carbocycles. The van der Waals surface area contributed by atoms with Crippen LogP contribution in [0, 0.1) is 0 Å². The molecule has 0 spiro atoms. The van der Waals surface area contributed by atoms with E-state index in [-0.39, 0.29) is 6.04 Å². The summed E-state index contributed by atoms with van der Waals surface area (Å²) >= 11 is 0. The molecular weight excluding hydrogens is 420 g/mol. The second-order valence-electron chi connectivity index (χ2n) is 7.51. The molecule has 0 aliphatic rings. The number of H-pyrrole nitrogens is 1. The molecule has 4 rings (SSSR count). The third-order valence-corrected chi connectivity index (χ3v) is 5.31. The quantitative estimate of drug-likeness (QED) is 0.311. The first-order chi connectivity index (χ1) is 16.2. The van der Waals surface area contributed by atoms with E-state index in [2.05, 4.69) is 42.7 Å². The highest BCUT2D eigenvalue weighted by atomic mass is 16.5. The molecule has 3 N–H and O–H groups in total. The van der Waals surface area contributed by atoms with E-state index in [9.17, 15) is 0 Å². The first-order valence-electron chi connectivity index (χ1n) is 10.9. The summed E-state index contributed by atoms with van der Waals surface area (Å²) in [5.41, 5.74) is 2.40. The second-order valence-corrected chi connectivity index (χ2v) is 7.51. The van der Waals surface area contributed by atoms with Crippen LogP contribution in [0.5, 0.6) is 11.5 Å². The van der Waals surface area contributed by atoms with Crippen LogP contribution in [0.3, 0.4) is 0 Å². The predicted octanol–water partition coefficient (Wildman–Crippen LogP) is 4.12. The van der Waals surface area contributed by atoms with Gasteiger partial charge in [-0.2, -0.15) is 10.1 Å². The lowest BCUT2D eigenvalue weighted by Gasteiger charge is -2.18. The number of methoxy groups -OCH3 is 2. The average Bonchev–Trinajstić information content (AvgIpc) is 3.40. The lowest BCUT2D eigenvalue weighted by atomic mass is 10.1. The number of nitrogens with one attached hydrogen (secondary N) is 3. The van der Waals surface area contributed by atoms with Gasteiger partial charge in [-0.05, 0) is 30.7 Å². The summed E-state index contributed by atoms with van der Waals surface area (Å²) in [4.78, 5) is 18.2. The maximum atomic E-state index is 5.50. The molecule has 0 unspecified atom stereocenters. The Morgan fingerprint density at radius 3 is 2.76 bits per heavy atom. The molecule has 172 valence electrons. The number of aromatic nitrogens is 6. The molecule has 0 aliphatic heterocycles. The van der Waals surface area contributed by atoms with Crippen LogP contribution < -0.4 is 20.1 Å². The molecule has 10 heteroatoms. The summed E-state index contributed by atoms with van der Waals surface area (Å²) in [6.45, 7) is 2.65. The van der Waals surface area contributed by atoms with Crippen LogP contribution >= 0.6 is 0 Å². The van der Waals surface area contributed by atoms with Gasteiger partial charge in [-0.3, -0.25) is 10.1 Å². The van der Waals surface area contributed by atoms with Gasteiger partial charge in [-0.25, -0.2) is 9.97 Å². The van der Waals surface area contributed by atoms with Crippen molar-refractivity contribution >= 4 is 22.8 Å². The monoisotopic (exact) mass is 448 g/mol. The number of aromatic amines is 1. The Morgan fingerprint density at radius 2 is 2.00 bits per heavy atom. The van der Waals surface area contributed by atoms with Crippen molar-refractivity contribution in [3.8, 4) is 11.5 Å². The standard InChI is InChI=1S/C23H28N8O2/c1-4-5-7-18(21-26-14-27-31-21)28-22-20-17(8-6-11-24-20)29-23(30-22)25-13-15-9-10-16(32-2)12-19(15)33-3/h6,8-12,14,18H,4-5,7,13H2,1-3H3,(H,26,27,31)(H2,25,28,29,30)/t18-/m1/s1. The fourth-order valence-electron chi connectivity index (χ4n) is 3.55. The van der Waals surface area contributed by atoms with Gasteiger partial charge < -0.3 is 20.1 Å². The maximum Gasteiger partial charge on any atom is 0.225 e. The minimum atomic E-state index is -0.0675. The molecule has 0 saturated carbocycles. The van der Waals surface area contributed by atoms with Crippen molar-refractivity contribution in [1.29, 1.82) is 0 Å². The molecule has 4 aromatic rings. The number of ether oxygens (including phenoxy) is 2. The molecule has 33 heavy (non-hydrogen) atoms. The minimum absolute atomic E-state index is 0.0675. The molecule has 3 heterocycles. The SMILES string of the molecule is CCCC[C@@H](Nc1nc(NCc2ccc(OC)cc2OC)nc2cccnc12)c1ncn[nH]1. The molecule has 3 aromatic heterocycles. The van der Waals surface area contributed by atoms with Crippen molar-refractivity contribution in [2.24, 2.45) is 0 Å². The number of hydrogen-bond donors (Lipinski definition) is 3. The smallest absolute Gasteiger partial charge is 0.225 e. The third kappa shape index (κ3) is 5.28. The second kappa shape index (κ2) is 10.6. The van der Waals surface area contributed by atoms with Crippen LogP contribution in [0.1, 0.15) is 43.6 Å². The number of fused-ring (bicyclic) bond motifs is 1. The van der Waals surface area contributed by atoms with Crippen LogP contribution in [0.4, 0.5) is 11.8 Å². The summed E-state index contributed by atoms with van der Waals surface area (Å²) in [6, 6.07) is 9.42. The summed E-state index contributed by atoms with van der Waals surface area (Å²) in [5.74, 6) is 3.36. The number of rotatable bonds is 11. The summed E-state index contributed by atoms with van der Waals surface area (Å²) in [7, 11) is 3.27. The van der Waals surface area contributed by atoms with Gasteiger partial charge >= 0.3 is 0 Å². The molecule has 0 radical (unpaired) electrons. The van der Waals surface area contributed by atoms with Gasteiger partial charge in [0.05, 0.1) is 25.8 Å². The zero-order valence-electron chi connectivity index (χ0n) is 19.0. The van der Waals surface area contributed by atoms with E-state index in [0.717, 1.165) is 47.7 Å². The molecule has 10 nitrogen and oxygen atoms in total. The van der Waals surface area contributed by atoms with E-state index in [4.69, 9.17) is 14.5 Å². The van der Waals surface area contributed by atoms with E-state index in [1.54, 1.807) is 20.4 Å². The summed E-state index contributed by atoms with van der Waals surface area (Å²) < 4.78 is 10.8. The highest BCUT2D eigenvalue weighted by Crippen LogP contribution is 2.28. The van der Waals surface area contributed by atoms with Gasteiger partial charge in [0.2, 0.25) is 5.95 Å². The van der Waals surface area contributed by atoms with Crippen molar-refractivity contribution < 1.29 is 9.47 Å². The highest BCUT2D eigenvalue weighted by Gasteiger charge is 2.18. The Kier molecular flexibility index (Phi) is 7.13.